The first kappa shape index (κ1) is 71.3. The molecule has 0 unspecified atom stereocenters. The van der Waals surface area contributed by atoms with Crippen LogP contribution in [0.5, 0.6) is 0 Å². The van der Waals surface area contributed by atoms with Crippen molar-refractivity contribution in [1.29, 1.82) is 0 Å². The first-order chi connectivity index (χ1) is 46.0. The number of hydrogen-bond acceptors (Lipinski definition) is 27. The first-order valence-corrected chi connectivity index (χ1v) is 36.4. The average Bonchev–Trinajstić information content (AvgIpc) is 1.85. The van der Waals surface area contributed by atoms with Crippen LogP contribution in [0.4, 0.5) is 79.3 Å². The number of rotatable bonds is 29. The maximum absolute atomic E-state index is 13.7. The molecule has 3 aromatic heterocycles. The van der Waals surface area contributed by atoms with Crippen LogP contribution in [0.1, 0.15) is 89.8 Å². The quantitative estimate of drug-likeness (QED) is 0.00572. The Morgan fingerprint density at radius 1 is 0.552 bits per heavy atom. The summed E-state index contributed by atoms with van der Waals surface area (Å²) in [5.41, 5.74) is 3.35. The minimum absolute atomic E-state index is 0.102. The normalized spacial score (nSPS) is 14.1. The van der Waals surface area contributed by atoms with Crippen molar-refractivity contribution in [1.82, 2.24) is 24.9 Å². The number of thioether (sulfide) groups is 1. The lowest BCUT2D eigenvalue weighted by molar-refractivity contribution is -0.120. The van der Waals surface area contributed by atoms with Gasteiger partial charge in [0, 0.05) is 80.9 Å². The van der Waals surface area contributed by atoms with Crippen molar-refractivity contribution < 1.29 is 50.2 Å². The van der Waals surface area contributed by atoms with E-state index in [1.165, 1.54) is 62.0 Å². The number of aliphatic hydroxyl groups is 1. The zero-order valence-corrected chi connectivity index (χ0v) is 57.6. The lowest BCUT2D eigenvalue weighted by Crippen LogP contribution is -2.30. The molecule has 2 saturated heterocycles. The zero-order chi connectivity index (χ0) is 68.7. The Bertz CT molecular complexity index is 4070. The predicted octanol–water partition coefficient (Wildman–Crippen LogP) is 12.6. The van der Waals surface area contributed by atoms with Gasteiger partial charge in [-0.15, -0.1) is 20.5 Å². The number of hydrogen-bond donors (Lipinski definition) is 7. The maximum Gasteiger partial charge on any atom is 0.294 e. The van der Waals surface area contributed by atoms with Crippen molar-refractivity contribution in [3.05, 3.63) is 106 Å². The highest BCUT2D eigenvalue weighted by Crippen LogP contribution is 2.41. The number of amides is 2. The van der Waals surface area contributed by atoms with Crippen molar-refractivity contribution in [3.63, 3.8) is 0 Å². The molecule has 2 amide bonds. The third-order valence-electron chi connectivity index (χ3n) is 15.3. The van der Waals surface area contributed by atoms with E-state index in [1.54, 1.807) is 12.1 Å². The molecule has 7 N–H and O–H groups in total. The Morgan fingerprint density at radius 2 is 0.938 bits per heavy atom. The molecular weight excluding hydrogens is 1330 g/mol. The highest BCUT2D eigenvalue weighted by atomic mass is 32.2. The standard InChI is InChI=1S/C63H73N17O11S5/c1-7-77(8-2)43-21-27-49(73-75-62-68-55(79-29-13-11-14-30-79)53(93-62)37-47(39(5)82)57(84)64-41-17-23-45(24-18-41)95(86,87)88)51(35-43)66-59-70-60(72-61(71-59)92-34-33-81)67-52-36-44(78(9-3)10-4)22-28-50(52)74-76-63-69-56(80-31-15-12-16-32-80)54(94-63)38-48(40(6)83)58(85)65-42-19-25-46(26-20-42)96(89,90)91/h17-28,35-38,81H,7-16,29-34H2,1-6H3,(H,64,84)(H,65,85)(H,86,87,88)(H,89,90,91)(H2,66,67,70,71,72). The number of Topliss-reactive ketones (excluding diaryl/α,β-unsaturated/α-hetero) is 2. The number of nitrogens with one attached hydrogen (secondary N) is 4. The SMILES string of the molecule is CCN(CC)c1ccc(N=Nc2nc(N3CCCCC3)c(C=C(C(C)=O)C(=O)Nc3ccc(S(=O)(=O)O)cc3)s2)c(Nc2nc(Nc3cc(N(CC)CC)ccc3N=Nc3nc(N4CCCCC4)c(C=C(C(C)=O)C(=O)Nc4ccc(S(=O)(=O)O)cc4)s3)nc(SCCO)n2)c1. The highest BCUT2D eigenvalue weighted by molar-refractivity contribution is 7.99. The van der Waals surface area contributed by atoms with Crippen molar-refractivity contribution >= 4 is 169 Å². The summed E-state index contributed by atoms with van der Waals surface area (Å²) in [6.45, 7) is 15.9. The van der Waals surface area contributed by atoms with E-state index in [-0.39, 0.29) is 72.0 Å². The van der Waals surface area contributed by atoms with Gasteiger partial charge in [0.2, 0.25) is 22.2 Å². The van der Waals surface area contributed by atoms with E-state index in [4.69, 9.17) is 35.1 Å². The van der Waals surface area contributed by atoms with E-state index < -0.39 is 43.6 Å². The largest absolute Gasteiger partial charge is 0.396 e. The van der Waals surface area contributed by atoms with E-state index in [9.17, 15) is 50.2 Å². The van der Waals surface area contributed by atoms with Crippen LogP contribution in [0.3, 0.4) is 0 Å². The van der Waals surface area contributed by atoms with E-state index in [0.29, 0.717) is 96.5 Å². The monoisotopic (exact) mass is 1400 g/mol. The Hall–Kier alpha value is -8.96. The van der Waals surface area contributed by atoms with Crippen molar-refractivity contribution in [2.24, 2.45) is 20.5 Å². The molecule has 5 heterocycles. The van der Waals surface area contributed by atoms with Crippen molar-refractivity contribution in [2.75, 3.05) is 106 Å². The van der Waals surface area contributed by atoms with Gasteiger partial charge < -0.3 is 46.0 Å². The molecule has 2 fully saturated rings. The molecule has 506 valence electrons. The summed E-state index contributed by atoms with van der Waals surface area (Å²) in [6.07, 6.45) is 8.55. The summed E-state index contributed by atoms with van der Waals surface area (Å²) < 4.78 is 65.5. The number of anilines is 10. The van der Waals surface area contributed by atoms with Gasteiger partial charge in [0.1, 0.15) is 23.0 Å². The summed E-state index contributed by atoms with van der Waals surface area (Å²) in [5, 5.41) is 41.5. The molecule has 0 atom stereocenters. The molecule has 0 aliphatic carbocycles. The fourth-order valence-electron chi connectivity index (χ4n) is 10.4. The van der Waals surface area contributed by atoms with E-state index >= 15 is 0 Å². The lowest BCUT2D eigenvalue weighted by Gasteiger charge is -2.27. The van der Waals surface area contributed by atoms with E-state index in [1.807, 2.05) is 52.0 Å². The Balaban J connectivity index is 1.05. The topological polar surface area (TPSA) is 372 Å². The number of thiazole rings is 2. The lowest BCUT2D eigenvalue weighted by atomic mass is 10.1. The minimum atomic E-state index is -4.48. The summed E-state index contributed by atoms with van der Waals surface area (Å²) in [6, 6.07) is 20.9. The van der Waals surface area contributed by atoms with Gasteiger partial charge in [-0.3, -0.25) is 28.3 Å². The highest BCUT2D eigenvalue weighted by Gasteiger charge is 2.26. The van der Waals surface area contributed by atoms with Crippen LogP contribution in [0.2, 0.25) is 0 Å². The molecule has 33 heteroatoms. The van der Waals surface area contributed by atoms with Crippen LogP contribution in [0, 0.1) is 0 Å². The number of benzene rings is 4. The summed E-state index contributed by atoms with van der Waals surface area (Å²) >= 11 is 3.46. The van der Waals surface area contributed by atoms with Gasteiger partial charge in [-0.1, -0.05) is 34.4 Å². The zero-order valence-electron chi connectivity index (χ0n) is 53.5. The molecular formula is C63H73N17O11S5. The molecule has 28 nitrogen and oxygen atoms in total. The third-order valence-corrected chi connectivity index (χ3v) is 19.6. The fourth-order valence-corrected chi connectivity index (χ4v) is 13.6. The van der Waals surface area contributed by atoms with Gasteiger partial charge in [0.25, 0.3) is 32.1 Å². The van der Waals surface area contributed by atoms with Crippen LogP contribution in [-0.4, -0.2) is 144 Å². The fraction of sp³-hybridized carbons (Fsp3) is 0.349. The van der Waals surface area contributed by atoms with Gasteiger partial charge in [-0.05, 0) is 177 Å². The summed E-state index contributed by atoms with van der Waals surface area (Å²) in [7, 11) is -8.96. The van der Waals surface area contributed by atoms with Crippen molar-refractivity contribution in [3.8, 4) is 0 Å². The van der Waals surface area contributed by atoms with Crippen LogP contribution < -0.4 is 40.9 Å². The molecule has 0 saturated carbocycles. The molecule has 0 bridgehead atoms. The molecule has 0 radical (unpaired) electrons. The molecule has 9 rings (SSSR count). The summed E-state index contributed by atoms with van der Waals surface area (Å²) in [5.74, 6) is -1.08. The molecule has 2 aliphatic rings. The van der Waals surface area contributed by atoms with Crippen molar-refractivity contribution in [2.45, 2.75) is 95.0 Å². The summed E-state index contributed by atoms with van der Waals surface area (Å²) in [4.78, 5) is 86.8. The smallest absolute Gasteiger partial charge is 0.294 e. The second kappa shape index (κ2) is 32.7. The Morgan fingerprint density at radius 3 is 1.28 bits per heavy atom. The third kappa shape index (κ3) is 18.7. The second-order valence-electron chi connectivity index (χ2n) is 21.8. The number of carbonyl (C=O) groups is 4. The van der Waals surface area contributed by atoms with Crippen LogP contribution in [0.15, 0.2) is 131 Å². The number of carbonyl (C=O) groups excluding carboxylic acids is 4. The number of ketones is 2. The van der Waals surface area contributed by atoms with Gasteiger partial charge >= 0.3 is 0 Å². The molecule has 4 aromatic carbocycles. The number of aromatic nitrogens is 5. The van der Waals surface area contributed by atoms with Gasteiger partial charge in [0.15, 0.2) is 16.7 Å². The average molecular weight is 1400 g/mol. The van der Waals surface area contributed by atoms with Crippen LogP contribution >= 0.6 is 34.4 Å². The maximum atomic E-state index is 13.7. The molecule has 96 heavy (non-hydrogen) atoms. The predicted molar refractivity (Wildman–Crippen MR) is 376 cm³/mol. The molecule has 7 aromatic rings. The Kier molecular flexibility index (Phi) is 24.3. The molecule has 2 aliphatic heterocycles. The van der Waals surface area contributed by atoms with E-state index in [2.05, 4.69) is 51.1 Å². The minimum Gasteiger partial charge on any atom is -0.396 e. The number of aliphatic hydroxyl groups excluding tert-OH is 1. The number of piperidine rings is 2. The van der Waals surface area contributed by atoms with Crippen LogP contribution in [-0.2, 0) is 39.4 Å². The van der Waals surface area contributed by atoms with Gasteiger partial charge in [-0.25, -0.2) is 0 Å². The first-order valence-electron chi connectivity index (χ1n) is 30.9. The Labute approximate surface area is 568 Å². The van der Waals surface area contributed by atoms with Gasteiger partial charge in [-0.2, -0.15) is 41.8 Å². The van der Waals surface area contributed by atoms with Gasteiger partial charge in [0.05, 0.1) is 48.7 Å². The second-order valence-corrected chi connectivity index (χ2v) is 27.8. The number of azo groups is 2. The number of nitrogens with zero attached hydrogens (tertiary/aromatic N) is 13. The van der Waals surface area contributed by atoms with E-state index in [0.717, 1.165) is 96.8 Å². The van der Waals surface area contributed by atoms with Crippen LogP contribution in [0.25, 0.3) is 12.2 Å². The molecule has 0 spiro atoms.